The Morgan fingerprint density at radius 1 is 0.418 bits per heavy atom. The molecule has 1 atom stereocenters. The van der Waals surface area contributed by atoms with Crippen LogP contribution in [0.5, 0.6) is 23.0 Å². The van der Waals surface area contributed by atoms with Crippen molar-refractivity contribution in [3.05, 3.63) is 309 Å². The second kappa shape index (κ2) is 33.6. The summed E-state index contributed by atoms with van der Waals surface area (Å²) >= 11 is 0. The molecule has 12 aromatic rings. The lowest BCUT2D eigenvalue weighted by Crippen LogP contribution is -2.37. The molecule has 2 amide bonds. The van der Waals surface area contributed by atoms with Gasteiger partial charge in [-0.3, -0.25) is 0 Å². The van der Waals surface area contributed by atoms with Gasteiger partial charge in [0.15, 0.2) is 0 Å². The average Bonchev–Trinajstić information content (AvgIpc) is 1.63. The lowest BCUT2D eigenvalue weighted by atomic mass is 9.97. The molecule has 0 fully saturated rings. The number of fused-ring (bicyclic) bond motifs is 2. The number of aryl methyl sites for hydroxylation is 5. The molecule has 10 aromatic carbocycles. The predicted molar refractivity (Wildman–Crippen MR) is 394 cm³/mol. The number of carbonyl (C=O) groups is 2. The number of unbranched alkanes of at least 4 members (excludes halogenated alkanes) is 1. The maximum Gasteiger partial charge on any atom is 0.410 e. The van der Waals surface area contributed by atoms with E-state index >= 15 is 0 Å². The van der Waals surface area contributed by atoms with Crippen LogP contribution in [0, 0.1) is 27.7 Å². The Hall–Kier alpha value is -11.0. The molecule has 0 aliphatic carbocycles. The third kappa shape index (κ3) is 18.7. The van der Waals surface area contributed by atoms with E-state index in [0.29, 0.717) is 45.7 Å². The second-order valence-electron chi connectivity index (χ2n) is 25.5. The van der Waals surface area contributed by atoms with Crippen molar-refractivity contribution >= 4 is 34.0 Å². The SMILES string of the molecule is CCCC(c1ccc(OCc2ccccc2)cc1)N(CCc1c(-c2cc(C)cc(C)c2)[nH]c2ccc(O)cc12)C(=O)OCc1ccccc1.Cc1cc(C)cc(-c2[nH]c3ccc(O)cc3c2CCN(CCCCc2ccc(OCc3ccccc3)cc2)C(=O)OCc2ccccc2)c1. The Labute approximate surface area is 576 Å². The van der Waals surface area contributed by atoms with Crippen molar-refractivity contribution < 1.29 is 38.7 Å². The van der Waals surface area contributed by atoms with Gasteiger partial charge in [-0.05, 0) is 207 Å². The number of rotatable bonds is 27. The van der Waals surface area contributed by atoms with Crippen molar-refractivity contribution in [2.24, 2.45) is 0 Å². The summed E-state index contributed by atoms with van der Waals surface area (Å²) in [7, 11) is 0. The van der Waals surface area contributed by atoms with Crippen molar-refractivity contribution in [1.29, 1.82) is 0 Å². The smallest absolute Gasteiger partial charge is 0.410 e. The highest BCUT2D eigenvalue weighted by atomic mass is 16.6. The van der Waals surface area contributed by atoms with Gasteiger partial charge >= 0.3 is 12.2 Å². The summed E-state index contributed by atoms with van der Waals surface area (Å²) in [5.74, 6) is 2.05. The Balaban J connectivity index is 0.000000198. The molecule has 0 aliphatic rings. The van der Waals surface area contributed by atoms with Gasteiger partial charge in [-0.1, -0.05) is 193 Å². The summed E-state index contributed by atoms with van der Waals surface area (Å²) in [5.41, 5.74) is 19.3. The molecule has 0 aliphatic heterocycles. The number of nitrogens with zero attached hydrogens (tertiary/aromatic N) is 2. The number of aromatic amines is 2. The third-order valence-electron chi connectivity index (χ3n) is 17.7. The molecule has 0 saturated carbocycles. The van der Waals surface area contributed by atoms with E-state index < -0.39 is 0 Å². The molecule has 1 unspecified atom stereocenters. The van der Waals surface area contributed by atoms with Gasteiger partial charge < -0.3 is 48.9 Å². The van der Waals surface area contributed by atoms with Crippen LogP contribution in [0.1, 0.15) is 105 Å². The minimum absolute atomic E-state index is 0.191. The molecule has 12 heteroatoms. The Kier molecular flexibility index (Phi) is 23.5. The zero-order valence-corrected chi connectivity index (χ0v) is 56.8. The topological polar surface area (TPSA) is 150 Å². The van der Waals surface area contributed by atoms with E-state index in [2.05, 4.69) is 117 Å². The van der Waals surface area contributed by atoms with Crippen molar-refractivity contribution in [3.8, 4) is 45.5 Å². The van der Waals surface area contributed by atoms with Crippen molar-refractivity contribution in [2.45, 2.75) is 112 Å². The van der Waals surface area contributed by atoms with Crippen molar-refractivity contribution in [2.75, 3.05) is 19.6 Å². The summed E-state index contributed by atoms with van der Waals surface area (Å²) in [6.07, 6.45) is 4.82. The molecular weight excluding hydrogens is 1220 g/mol. The molecule has 0 radical (unpaired) electrons. The van der Waals surface area contributed by atoms with E-state index in [1.54, 1.807) is 12.1 Å². The van der Waals surface area contributed by atoms with Gasteiger partial charge in [-0.2, -0.15) is 0 Å². The monoisotopic (exact) mass is 1300 g/mol. The number of amides is 2. The van der Waals surface area contributed by atoms with Crippen LogP contribution in [0.25, 0.3) is 44.3 Å². The summed E-state index contributed by atoms with van der Waals surface area (Å²) in [6, 6.07) is 79.8. The summed E-state index contributed by atoms with van der Waals surface area (Å²) in [4.78, 5) is 38.6. The molecule has 0 bridgehead atoms. The maximum absolute atomic E-state index is 14.1. The summed E-state index contributed by atoms with van der Waals surface area (Å²) in [6.45, 7) is 13.5. The van der Waals surface area contributed by atoms with E-state index in [9.17, 15) is 19.8 Å². The van der Waals surface area contributed by atoms with Crippen LogP contribution in [0.2, 0.25) is 0 Å². The van der Waals surface area contributed by atoms with E-state index in [0.717, 1.165) is 127 Å². The first-order chi connectivity index (χ1) is 47.8. The van der Waals surface area contributed by atoms with Crippen molar-refractivity contribution in [1.82, 2.24) is 19.8 Å². The highest BCUT2D eigenvalue weighted by Gasteiger charge is 2.28. The van der Waals surface area contributed by atoms with Gasteiger partial charge in [0, 0.05) is 52.8 Å². The first kappa shape index (κ1) is 68.4. The number of phenolic OH excluding ortho intramolecular Hbond substituents is 2. The second-order valence-corrected chi connectivity index (χ2v) is 25.5. The summed E-state index contributed by atoms with van der Waals surface area (Å²) < 4.78 is 23.8. The number of aromatic hydroxyl groups is 2. The molecule has 2 aromatic heterocycles. The fourth-order valence-electron chi connectivity index (χ4n) is 12.9. The molecule has 2 heterocycles. The van der Waals surface area contributed by atoms with Gasteiger partial charge in [-0.25, -0.2) is 9.59 Å². The molecule has 0 saturated heterocycles. The fourth-order valence-corrected chi connectivity index (χ4v) is 12.9. The molecule has 0 spiro atoms. The van der Waals surface area contributed by atoms with Gasteiger partial charge in [0.05, 0.1) is 6.04 Å². The molecule has 12 rings (SSSR count). The highest BCUT2D eigenvalue weighted by Crippen LogP contribution is 2.37. The maximum atomic E-state index is 14.1. The molecule has 98 heavy (non-hydrogen) atoms. The van der Waals surface area contributed by atoms with Crippen LogP contribution in [0.15, 0.2) is 243 Å². The molecule has 4 N–H and O–H groups in total. The minimum Gasteiger partial charge on any atom is -0.508 e. The van der Waals surface area contributed by atoms with Crippen molar-refractivity contribution in [3.63, 3.8) is 0 Å². The highest BCUT2D eigenvalue weighted by molar-refractivity contribution is 5.93. The lowest BCUT2D eigenvalue weighted by molar-refractivity contribution is 0.0783. The number of phenols is 2. The first-order valence-corrected chi connectivity index (χ1v) is 34.1. The number of carbonyl (C=O) groups excluding carboxylic acids is 2. The Morgan fingerprint density at radius 2 is 0.837 bits per heavy atom. The van der Waals surface area contributed by atoms with Crippen LogP contribution in [-0.4, -0.2) is 61.8 Å². The van der Waals surface area contributed by atoms with Gasteiger partial charge in [0.2, 0.25) is 0 Å². The van der Waals surface area contributed by atoms with Crippen LogP contribution < -0.4 is 9.47 Å². The van der Waals surface area contributed by atoms with Gasteiger partial charge in [0.25, 0.3) is 0 Å². The normalized spacial score (nSPS) is 11.4. The van der Waals surface area contributed by atoms with Crippen LogP contribution in [0.4, 0.5) is 9.59 Å². The predicted octanol–water partition coefficient (Wildman–Crippen LogP) is 20.4. The third-order valence-corrected chi connectivity index (χ3v) is 17.7. The standard InChI is InChI=1S/2C43H44N2O4/c1-31-25-32(2)27-36(26-31)42-39(40-28-37(46)18-21-41(40)44-42)22-24-45(43(47)49-30-35-14-7-4-8-15-35)23-10-9-11-33-16-19-38(20-17-33)48-29-34-12-5-3-6-13-34;1-4-11-41(34-16-19-37(20-17-34)48-28-32-12-7-5-8-13-32)45(43(47)49-29-33-14-9-6-10-15-33)23-22-38-39-27-36(46)18-21-40(39)44-42(38)35-25-30(2)24-31(3)26-35/h3-8,12-21,25-28,44,46H,9-11,22-24,29-30H2,1-2H3;5-10,12-21,24-27,41,44,46H,4,11,22-23,28-29H2,1-3H3. The number of ether oxygens (including phenoxy) is 4. The van der Waals surface area contributed by atoms with E-state index in [4.69, 9.17) is 18.9 Å². The first-order valence-electron chi connectivity index (χ1n) is 34.1. The van der Waals surface area contributed by atoms with E-state index in [-0.39, 0.29) is 42.9 Å². The van der Waals surface area contributed by atoms with Crippen LogP contribution in [0.3, 0.4) is 0 Å². The number of hydrogen-bond acceptors (Lipinski definition) is 8. The van der Waals surface area contributed by atoms with Gasteiger partial charge in [0.1, 0.15) is 49.4 Å². The lowest BCUT2D eigenvalue weighted by Gasteiger charge is -2.32. The number of nitrogens with one attached hydrogen (secondary N) is 2. The molecule has 500 valence electrons. The quantitative estimate of drug-likeness (QED) is 0.0372. The number of H-pyrrole nitrogens is 2. The Bertz CT molecular complexity index is 4490. The van der Waals surface area contributed by atoms with E-state index in [1.165, 1.54) is 27.8 Å². The zero-order chi connectivity index (χ0) is 68.2. The Morgan fingerprint density at radius 3 is 1.29 bits per heavy atom. The van der Waals surface area contributed by atoms with Gasteiger partial charge in [-0.15, -0.1) is 0 Å². The number of aromatic nitrogens is 2. The fraction of sp³-hybridized carbons (Fsp3) is 0.233. The van der Waals surface area contributed by atoms with Crippen LogP contribution >= 0.6 is 0 Å². The molecular formula is C86H88N4O8. The number of hydrogen-bond donors (Lipinski definition) is 4. The molecule has 12 nitrogen and oxygen atoms in total. The zero-order valence-electron chi connectivity index (χ0n) is 56.8. The summed E-state index contributed by atoms with van der Waals surface area (Å²) in [5, 5.41) is 22.8. The van der Waals surface area contributed by atoms with E-state index in [1.807, 2.05) is 168 Å². The minimum atomic E-state index is -0.359. The van der Waals surface area contributed by atoms with Crippen LogP contribution in [-0.2, 0) is 55.2 Å². The number of benzene rings is 10. The average molecular weight is 1310 g/mol. The largest absolute Gasteiger partial charge is 0.508 e.